The third kappa shape index (κ3) is 24.6. The van der Waals surface area contributed by atoms with E-state index < -0.39 is 10.4 Å². The smallest absolute Gasteiger partial charge is 0.726 e. The van der Waals surface area contributed by atoms with E-state index in [0.717, 1.165) is 25.7 Å². The van der Waals surface area contributed by atoms with Crippen molar-refractivity contribution in [2.24, 2.45) is 5.92 Å². The van der Waals surface area contributed by atoms with Gasteiger partial charge in [-0.1, -0.05) is 109 Å². The fourth-order valence-corrected chi connectivity index (χ4v) is 3.62. The Kier molecular flexibility index (Phi) is 24.5. The molecule has 28 heavy (non-hydrogen) atoms. The monoisotopic (exact) mass is 426 g/mol. The third-order valence-electron chi connectivity index (χ3n) is 4.99. The molecule has 4 nitrogen and oxygen atoms in total. The summed E-state index contributed by atoms with van der Waals surface area (Å²) in [5.41, 5.74) is 0. The normalized spacial score (nSPS) is 13.0. The Morgan fingerprint density at radius 2 is 1.25 bits per heavy atom. The standard InChI is InChI=1S/C22H44O4S.Na/c1-3-5-7-9-11-12-13-14-16-18-20-22(21-26-27(23,24)25)19-17-15-10-8-6-4-2;/h18,20,22H,3-17,19,21H2,1-2H3,(H,23,24,25);/q;+1/p-1/b20-18+;. The van der Waals surface area contributed by atoms with Crippen molar-refractivity contribution in [3.63, 3.8) is 0 Å². The minimum atomic E-state index is -4.60. The molecule has 0 aliphatic heterocycles. The van der Waals surface area contributed by atoms with Gasteiger partial charge in [0.2, 0.25) is 10.4 Å². The molecule has 0 fully saturated rings. The van der Waals surface area contributed by atoms with Crippen molar-refractivity contribution in [3.8, 4) is 0 Å². The van der Waals surface area contributed by atoms with Crippen LogP contribution in [0.2, 0.25) is 0 Å². The maximum atomic E-state index is 10.7. The van der Waals surface area contributed by atoms with Crippen molar-refractivity contribution >= 4 is 10.4 Å². The van der Waals surface area contributed by atoms with Gasteiger partial charge < -0.3 is 4.55 Å². The Labute approximate surface area is 197 Å². The van der Waals surface area contributed by atoms with E-state index in [9.17, 15) is 13.0 Å². The van der Waals surface area contributed by atoms with Crippen LogP contribution in [0.5, 0.6) is 0 Å². The van der Waals surface area contributed by atoms with Gasteiger partial charge >= 0.3 is 29.6 Å². The predicted octanol–water partition coefficient (Wildman–Crippen LogP) is 3.92. The number of hydrogen-bond acceptors (Lipinski definition) is 4. The van der Waals surface area contributed by atoms with Gasteiger partial charge in [0, 0.05) is 5.92 Å². The Morgan fingerprint density at radius 1 is 0.786 bits per heavy atom. The second-order valence-electron chi connectivity index (χ2n) is 7.70. The number of rotatable bonds is 20. The molecule has 1 unspecified atom stereocenters. The number of hydrogen-bond donors (Lipinski definition) is 0. The second-order valence-corrected chi connectivity index (χ2v) is 8.75. The molecule has 0 saturated carbocycles. The zero-order chi connectivity index (χ0) is 20.2. The Hall–Kier alpha value is 0.610. The molecule has 1 atom stereocenters. The zero-order valence-corrected chi connectivity index (χ0v) is 21.6. The SMILES string of the molecule is CCCCCCCCCC/C=C/C(CCCCCCCC)COS(=O)(=O)[O-].[Na+]. The molecule has 0 bridgehead atoms. The summed E-state index contributed by atoms with van der Waals surface area (Å²) in [6.07, 6.45) is 23.7. The maximum Gasteiger partial charge on any atom is 1.00 e. The van der Waals surface area contributed by atoms with Gasteiger partial charge in [0.25, 0.3) is 0 Å². The maximum absolute atomic E-state index is 10.7. The van der Waals surface area contributed by atoms with Crippen molar-refractivity contribution in [1.82, 2.24) is 0 Å². The fraction of sp³-hybridized carbons (Fsp3) is 0.909. The Bertz CT molecular complexity index is 438. The quantitative estimate of drug-likeness (QED) is 0.0973. The van der Waals surface area contributed by atoms with Crippen LogP contribution in [0, 0.1) is 5.92 Å². The summed E-state index contributed by atoms with van der Waals surface area (Å²) in [6, 6.07) is 0. The van der Waals surface area contributed by atoms with Crippen LogP contribution in [-0.2, 0) is 14.6 Å². The van der Waals surface area contributed by atoms with Crippen LogP contribution in [0.1, 0.15) is 117 Å². The molecule has 0 saturated heterocycles. The average molecular weight is 427 g/mol. The molecule has 0 aliphatic carbocycles. The van der Waals surface area contributed by atoms with E-state index in [2.05, 4.69) is 30.2 Å². The van der Waals surface area contributed by atoms with Crippen LogP contribution in [-0.4, -0.2) is 19.6 Å². The van der Waals surface area contributed by atoms with E-state index in [4.69, 9.17) is 0 Å². The van der Waals surface area contributed by atoms with Crippen LogP contribution in [0.3, 0.4) is 0 Å². The van der Waals surface area contributed by atoms with E-state index in [-0.39, 0.29) is 42.1 Å². The minimum absolute atomic E-state index is 0. The van der Waals surface area contributed by atoms with E-state index in [1.807, 2.05) is 0 Å². The van der Waals surface area contributed by atoms with Crippen molar-refractivity contribution in [3.05, 3.63) is 12.2 Å². The molecule has 0 radical (unpaired) electrons. The first-order valence-corrected chi connectivity index (χ1v) is 12.6. The van der Waals surface area contributed by atoms with Crippen molar-refractivity contribution in [1.29, 1.82) is 0 Å². The first kappa shape index (κ1) is 30.8. The number of unbranched alkanes of at least 4 members (excludes halogenated alkanes) is 13. The first-order valence-electron chi connectivity index (χ1n) is 11.3. The summed E-state index contributed by atoms with van der Waals surface area (Å²) < 4.78 is 36.7. The Morgan fingerprint density at radius 3 is 1.75 bits per heavy atom. The van der Waals surface area contributed by atoms with Crippen LogP contribution in [0.15, 0.2) is 12.2 Å². The van der Waals surface area contributed by atoms with Crippen molar-refractivity contribution in [2.75, 3.05) is 6.61 Å². The summed E-state index contributed by atoms with van der Waals surface area (Å²) in [5, 5.41) is 0. The molecule has 0 amide bonds. The van der Waals surface area contributed by atoms with E-state index in [1.165, 1.54) is 77.0 Å². The van der Waals surface area contributed by atoms with Gasteiger partial charge in [-0.25, -0.2) is 8.42 Å². The molecular weight excluding hydrogens is 383 g/mol. The van der Waals surface area contributed by atoms with Gasteiger partial charge in [-0.3, -0.25) is 4.18 Å². The van der Waals surface area contributed by atoms with E-state index in [0.29, 0.717) is 0 Å². The summed E-state index contributed by atoms with van der Waals surface area (Å²) in [7, 11) is -4.60. The molecule has 0 aliphatic rings. The summed E-state index contributed by atoms with van der Waals surface area (Å²) in [6.45, 7) is 4.42. The van der Waals surface area contributed by atoms with Crippen LogP contribution in [0.25, 0.3) is 0 Å². The molecule has 6 heteroatoms. The largest absolute Gasteiger partial charge is 1.00 e. The average Bonchev–Trinajstić information content (AvgIpc) is 2.62. The van der Waals surface area contributed by atoms with Gasteiger partial charge in [-0.15, -0.1) is 0 Å². The second kappa shape index (κ2) is 22.3. The summed E-state index contributed by atoms with van der Waals surface area (Å²) in [5.74, 6) is 0.0222. The van der Waals surface area contributed by atoms with Crippen LogP contribution < -0.4 is 29.6 Å². The molecule has 0 rings (SSSR count). The molecule has 162 valence electrons. The van der Waals surface area contributed by atoms with Crippen LogP contribution >= 0.6 is 0 Å². The topological polar surface area (TPSA) is 66.4 Å². The van der Waals surface area contributed by atoms with Gasteiger partial charge in [0.1, 0.15) is 0 Å². The zero-order valence-electron chi connectivity index (χ0n) is 18.8. The Balaban J connectivity index is 0. The van der Waals surface area contributed by atoms with E-state index in [1.54, 1.807) is 0 Å². The third-order valence-corrected chi connectivity index (χ3v) is 5.41. The summed E-state index contributed by atoms with van der Waals surface area (Å²) >= 11 is 0. The van der Waals surface area contributed by atoms with Crippen LogP contribution in [0.4, 0.5) is 0 Å². The first-order chi connectivity index (χ1) is 13.0. The molecule has 0 heterocycles. The fourth-order valence-electron chi connectivity index (χ4n) is 3.28. The molecule has 0 spiro atoms. The molecular formula is C22H43NaO4S. The molecule has 0 aromatic carbocycles. The molecule has 0 N–H and O–H groups in total. The van der Waals surface area contributed by atoms with Crippen molar-refractivity contribution < 1.29 is 46.7 Å². The van der Waals surface area contributed by atoms with E-state index >= 15 is 0 Å². The molecule has 0 aromatic rings. The summed E-state index contributed by atoms with van der Waals surface area (Å²) in [4.78, 5) is 0. The van der Waals surface area contributed by atoms with Gasteiger partial charge in [-0.2, -0.15) is 0 Å². The predicted molar refractivity (Wildman–Crippen MR) is 113 cm³/mol. The van der Waals surface area contributed by atoms with Gasteiger partial charge in [0.05, 0.1) is 6.61 Å². The number of allylic oxidation sites excluding steroid dienone is 1. The van der Waals surface area contributed by atoms with Crippen molar-refractivity contribution in [2.45, 2.75) is 117 Å². The van der Waals surface area contributed by atoms with Gasteiger partial charge in [0.15, 0.2) is 0 Å². The molecule has 0 aromatic heterocycles. The minimum Gasteiger partial charge on any atom is -0.726 e. The van der Waals surface area contributed by atoms with Gasteiger partial charge in [-0.05, 0) is 19.3 Å².